The van der Waals surface area contributed by atoms with E-state index in [4.69, 9.17) is 0 Å². The molecule has 1 aromatic rings. The number of hydrogen-bond donors (Lipinski definition) is 1. The Bertz CT molecular complexity index is 492. The zero-order valence-corrected chi connectivity index (χ0v) is 12.7. The summed E-state index contributed by atoms with van der Waals surface area (Å²) in [6.45, 7) is 3.90. The summed E-state index contributed by atoms with van der Waals surface area (Å²) in [5, 5.41) is 18.6. The van der Waals surface area contributed by atoms with E-state index in [1.165, 1.54) is 0 Å². The molecular formula is C13H21F3N4O2. The standard InChI is InChI=1S/C13H21F3N4O2/c1-10(2)20-7-11(17-18-20)12(21)3-4-19(8-12)5-6-22-9-13(14,15)16/h7,10,21H,3-6,8-9H2,1-2H3. The van der Waals surface area contributed by atoms with E-state index in [1.807, 2.05) is 18.7 Å². The highest BCUT2D eigenvalue weighted by atomic mass is 19.4. The van der Waals surface area contributed by atoms with Crippen LogP contribution in [0.5, 0.6) is 0 Å². The molecule has 1 aromatic heterocycles. The molecule has 22 heavy (non-hydrogen) atoms. The quantitative estimate of drug-likeness (QED) is 0.801. The molecule has 1 N–H and O–H groups in total. The van der Waals surface area contributed by atoms with E-state index in [0.29, 0.717) is 31.7 Å². The Morgan fingerprint density at radius 3 is 2.77 bits per heavy atom. The van der Waals surface area contributed by atoms with Crippen molar-refractivity contribution in [3.63, 3.8) is 0 Å². The third kappa shape index (κ3) is 4.40. The minimum Gasteiger partial charge on any atom is -0.382 e. The number of halogens is 3. The molecule has 1 saturated heterocycles. The molecule has 126 valence electrons. The van der Waals surface area contributed by atoms with E-state index in [2.05, 4.69) is 15.0 Å². The molecule has 0 spiro atoms. The Morgan fingerprint density at radius 2 is 2.18 bits per heavy atom. The summed E-state index contributed by atoms with van der Waals surface area (Å²) in [4.78, 5) is 1.87. The van der Waals surface area contributed by atoms with Crippen LogP contribution in [0.2, 0.25) is 0 Å². The topological polar surface area (TPSA) is 63.4 Å². The fourth-order valence-electron chi connectivity index (χ4n) is 2.39. The molecule has 1 fully saturated rings. The molecule has 1 atom stereocenters. The van der Waals surface area contributed by atoms with Crippen molar-refractivity contribution in [3.05, 3.63) is 11.9 Å². The van der Waals surface area contributed by atoms with Gasteiger partial charge in [0.15, 0.2) is 0 Å². The molecule has 6 nitrogen and oxygen atoms in total. The molecule has 0 aromatic carbocycles. The van der Waals surface area contributed by atoms with Crippen molar-refractivity contribution in [2.45, 2.75) is 38.1 Å². The number of nitrogens with zero attached hydrogens (tertiary/aromatic N) is 4. The lowest BCUT2D eigenvalue weighted by Crippen LogP contribution is -2.33. The molecule has 2 rings (SSSR count). The number of rotatable bonds is 6. The number of aliphatic hydroxyl groups is 1. The maximum absolute atomic E-state index is 12.0. The number of hydrogen-bond acceptors (Lipinski definition) is 5. The second-order valence-corrected chi connectivity index (χ2v) is 5.90. The van der Waals surface area contributed by atoms with Crippen LogP contribution in [0.1, 0.15) is 32.0 Å². The second kappa shape index (κ2) is 6.51. The fraction of sp³-hybridized carbons (Fsp3) is 0.846. The van der Waals surface area contributed by atoms with E-state index in [9.17, 15) is 18.3 Å². The van der Waals surface area contributed by atoms with Gasteiger partial charge in [-0.3, -0.25) is 4.90 Å². The molecular weight excluding hydrogens is 301 g/mol. The molecule has 0 amide bonds. The van der Waals surface area contributed by atoms with Gasteiger partial charge in [0.2, 0.25) is 0 Å². The van der Waals surface area contributed by atoms with Gasteiger partial charge in [0.1, 0.15) is 17.9 Å². The van der Waals surface area contributed by atoms with Gasteiger partial charge in [-0.1, -0.05) is 5.21 Å². The predicted molar refractivity (Wildman–Crippen MR) is 72.2 cm³/mol. The van der Waals surface area contributed by atoms with Gasteiger partial charge in [0.25, 0.3) is 0 Å². The van der Waals surface area contributed by atoms with Crippen LogP contribution in [-0.4, -0.2) is 64.0 Å². The first-order valence-corrected chi connectivity index (χ1v) is 7.21. The van der Waals surface area contributed by atoms with E-state index >= 15 is 0 Å². The highest BCUT2D eigenvalue weighted by molar-refractivity contribution is 5.11. The minimum absolute atomic E-state index is 0.0196. The van der Waals surface area contributed by atoms with Crippen LogP contribution in [0, 0.1) is 0 Å². The summed E-state index contributed by atoms with van der Waals surface area (Å²) >= 11 is 0. The Morgan fingerprint density at radius 1 is 1.45 bits per heavy atom. The van der Waals surface area contributed by atoms with Gasteiger partial charge in [0.05, 0.1) is 12.8 Å². The van der Waals surface area contributed by atoms with Crippen LogP contribution >= 0.6 is 0 Å². The molecule has 1 aliphatic rings. The van der Waals surface area contributed by atoms with Crippen LogP contribution in [0.25, 0.3) is 0 Å². The SMILES string of the molecule is CC(C)n1cc(C2(O)CCN(CCOCC(F)(F)F)C2)nn1. The Balaban J connectivity index is 1.83. The van der Waals surface area contributed by atoms with Crippen molar-refractivity contribution in [1.82, 2.24) is 19.9 Å². The minimum atomic E-state index is -4.30. The highest BCUT2D eigenvalue weighted by Crippen LogP contribution is 2.30. The molecule has 0 radical (unpaired) electrons. The Hall–Kier alpha value is -1.19. The number of aromatic nitrogens is 3. The summed E-state index contributed by atoms with van der Waals surface area (Å²) < 4.78 is 42.2. The van der Waals surface area contributed by atoms with Crippen LogP contribution in [0.4, 0.5) is 13.2 Å². The normalized spacial score (nSPS) is 23.6. The van der Waals surface area contributed by atoms with E-state index in [-0.39, 0.29) is 12.6 Å². The maximum Gasteiger partial charge on any atom is 0.411 e. The number of β-amino-alcohol motifs (C(OH)–C–C–N with tert-alkyl or cyclic N) is 1. The van der Waals surface area contributed by atoms with Crippen LogP contribution in [0.15, 0.2) is 6.20 Å². The molecule has 0 saturated carbocycles. The highest BCUT2D eigenvalue weighted by Gasteiger charge is 2.40. The maximum atomic E-state index is 12.0. The zero-order chi connectivity index (χ0) is 16.4. The van der Waals surface area contributed by atoms with Crippen molar-refractivity contribution < 1.29 is 23.0 Å². The predicted octanol–water partition coefficient (Wildman–Crippen LogP) is 1.33. The molecule has 0 bridgehead atoms. The summed E-state index contributed by atoms with van der Waals surface area (Å²) in [7, 11) is 0. The van der Waals surface area contributed by atoms with Crippen molar-refractivity contribution in [2.75, 3.05) is 32.8 Å². The molecule has 0 aliphatic carbocycles. The Labute approximate surface area is 126 Å². The van der Waals surface area contributed by atoms with Gasteiger partial charge < -0.3 is 9.84 Å². The third-order valence-electron chi connectivity index (χ3n) is 3.66. The third-order valence-corrected chi connectivity index (χ3v) is 3.66. The lowest BCUT2D eigenvalue weighted by atomic mass is 10.00. The van der Waals surface area contributed by atoms with Gasteiger partial charge in [-0.25, -0.2) is 4.68 Å². The number of ether oxygens (including phenoxy) is 1. The van der Waals surface area contributed by atoms with Crippen molar-refractivity contribution in [2.24, 2.45) is 0 Å². The lowest BCUT2D eigenvalue weighted by Gasteiger charge is -2.21. The van der Waals surface area contributed by atoms with Gasteiger partial charge in [-0.05, 0) is 20.3 Å². The molecule has 1 unspecified atom stereocenters. The number of likely N-dealkylation sites (tertiary alicyclic amines) is 1. The van der Waals surface area contributed by atoms with Gasteiger partial charge in [-0.2, -0.15) is 13.2 Å². The number of alkyl halides is 3. The zero-order valence-electron chi connectivity index (χ0n) is 12.7. The van der Waals surface area contributed by atoms with Crippen LogP contribution in [-0.2, 0) is 10.3 Å². The van der Waals surface area contributed by atoms with Gasteiger partial charge in [0, 0.05) is 25.7 Å². The average Bonchev–Trinajstić information content (AvgIpc) is 3.01. The Kier molecular flexibility index (Phi) is 5.08. The summed E-state index contributed by atoms with van der Waals surface area (Å²) in [6, 6.07) is 0.151. The van der Waals surface area contributed by atoms with Crippen molar-refractivity contribution in [3.8, 4) is 0 Å². The van der Waals surface area contributed by atoms with Crippen molar-refractivity contribution in [1.29, 1.82) is 0 Å². The summed E-state index contributed by atoms with van der Waals surface area (Å²) in [6.07, 6.45) is -2.11. The van der Waals surface area contributed by atoms with Crippen LogP contribution in [0.3, 0.4) is 0 Å². The molecule has 1 aliphatic heterocycles. The van der Waals surface area contributed by atoms with Gasteiger partial charge >= 0.3 is 6.18 Å². The van der Waals surface area contributed by atoms with Crippen LogP contribution < -0.4 is 0 Å². The van der Waals surface area contributed by atoms with Crippen molar-refractivity contribution >= 4 is 0 Å². The fourth-order valence-corrected chi connectivity index (χ4v) is 2.39. The van der Waals surface area contributed by atoms with E-state index < -0.39 is 18.4 Å². The second-order valence-electron chi connectivity index (χ2n) is 5.90. The molecule has 9 heteroatoms. The first kappa shape index (κ1) is 17.2. The summed E-state index contributed by atoms with van der Waals surface area (Å²) in [5.41, 5.74) is -0.600. The van der Waals surface area contributed by atoms with E-state index in [1.54, 1.807) is 10.9 Å². The largest absolute Gasteiger partial charge is 0.411 e. The lowest BCUT2D eigenvalue weighted by molar-refractivity contribution is -0.174. The monoisotopic (exact) mass is 322 g/mol. The first-order valence-electron chi connectivity index (χ1n) is 7.21. The average molecular weight is 322 g/mol. The van der Waals surface area contributed by atoms with E-state index in [0.717, 1.165) is 0 Å². The summed E-state index contributed by atoms with van der Waals surface area (Å²) in [5.74, 6) is 0. The smallest absolute Gasteiger partial charge is 0.382 e. The van der Waals surface area contributed by atoms with Gasteiger partial charge in [-0.15, -0.1) is 5.10 Å². The first-order chi connectivity index (χ1) is 10.2. The molecule has 2 heterocycles.